The van der Waals surface area contributed by atoms with E-state index in [1.54, 1.807) is 24.4 Å². The summed E-state index contributed by atoms with van der Waals surface area (Å²) in [6.45, 7) is 3.52. The lowest BCUT2D eigenvalue weighted by molar-refractivity contribution is -0.151. The maximum Gasteiger partial charge on any atom is 0.319 e. The van der Waals surface area contributed by atoms with Crippen LogP contribution < -0.4 is 9.64 Å². The van der Waals surface area contributed by atoms with Gasteiger partial charge in [0.1, 0.15) is 29.5 Å². The Bertz CT molecular complexity index is 1860. The second kappa shape index (κ2) is 10.9. The normalized spacial score (nSPS) is 26.4. The third-order valence-corrected chi connectivity index (χ3v) is 10.6. The van der Waals surface area contributed by atoms with Crippen molar-refractivity contribution in [2.75, 3.05) is 44.4 Å². The predicted molar refractivity (Wildman–Crippen MR) is 167 cm³/mol. The van der Waals surface area contributed by atoms with Crippen LogP contribution in [0.25, 0.3) is 32.9 Å². The number of hydrogen-bond acceptors (Lipinski definition) is 8. The highest BCUT2D eigenvalue weighted by atomic mass is 19.1. The van der Waals surface area contributed by atoms with Crippen LogP contribution in [0.2, 0.25) is 0 Å². The van der Waals surface area contributed by atoms with Gasteiger partial charge < -0.3 is 19.5 Å². The molecule has 10 heteroatoms. The summed E-state index contributed by atoms with van der Waals surface area (Å²) < 4.78 is 44.0. The fourth-order valence-electron chi connectivity index (χ4n) is 8.20. The van der Waals surface area contributed by atoms with Crippen LogP contribution in [0.3, 0.4) is 0 Å². The van der Waals surface area contributed by atoms with E-state index in [4.69, 9.17) is 20.9 Å². The average molecular weight is 612 g/mol. The molecule has 2 aromatic carbocycles. The number of anilines is 1. The fraction of sp³-hybridized carbons (Fsp3) is 0.457. The van der Waals surface area contributed by atoms with Crippen molar-refractivity contribution in [2.24, 2.45) is 0 Å². The van der Waals surface area contributed by atoms with E-state index in [1.807, 2.05) is 6.07 Å². The van der Waals surface area contributed by atoms with Crippen molar-refractivity contribution >= 4 is 27.5 Å². The van der Waals surface area contributed by atoms with Gasteiger partial charge in [0.05, 0.1) is 35.3 Å². The van der Waals surface area contributed by atoms with E-state index in [-0.39, 0.29) is 46.6 Å². The molecule has 1 N–H and O–H groups in total. The van der Waals surface area contributed by atoms with Gasteiger partial charge in [-0.25, -0.2) is 8.78 Å². The van der Waals surface area contributed by atoms with E-state index in [1.165, 1.54) is 6.07 Å². The zero-order chi connectivity index (χ0) is 30.8. The molecule has 4 aromatic rings. The Morgan fingerprint density at radius 2 is 1.96 bits per heavy atom. The predicted octanol–water partition coefficient (Wildman–Crippen LogP) is 5.23. The highest BCUT2D eigenvalue weighted by Crippen LogP contribution is 2.44. The number of fused-ring (bicyclic) bond motifs is 3. The van der Waals surface area contributed by atoms with Crippen molar-refractivity contribution in [1.82, 2.24) is 19.9 Å². The summed E-state index contributed by atoms with van der Waals surface area (Å²) in [5.41, 5.74) is 0.169. The zero-order valence-corrected chi connectivity index (χ0v) is 25.1. The number of aliphatic hydroxyl groups excluding tert-OH is 1. The average Bonchev–Trinajstić information content (AvgIpc) is 3.62. The maximum atomic E-state index is 16.8. The van der Waals surface area contributed by atoms with Gasteiger partial charge in [0.2, 0.25) is 0 Å². The summed E-state index contributed by atoms with van der Waals surface area (Å²) in [7, 11) is 0. The number of aromatic nitrogens is 3. The van der Waals surface area contributed by atoms with Gasteiger partial charge in [-0.1, -0.05) is 30.2 Å². The van der Waals surface area contributed by atoms with Crippen molar-refractivity contribution in [3.63, 3.8) is 0 Å². The first-order valence-electron chi connectivity index (χ1n) is 15.9. The van der Waals surface area contributed by atoms with E-state index >= 15 is 4.39 Å². The van der Waals surface area contributed by atoms with Gasteiger partial charge in [-0.3, -0.25) is 9.88 Å². The SMILES string of the molecule is C#Cc1c(F)ccc2cccc(-c3ncc4c(N5CCCC6(CCO6)C5)nc(OC[C@@]56CCCN5[C@H](CO)CC6)nc4c3F)c12. The van der Waals surface area contributed by atoms with Crippen LogP contribution >= 0.6 is 0 Å². The van der Waals surface area contributed by atoms with Gasteiger partial charge in [0, 0.05) is 42.7 Å². The minimum atomic E-state index is -0.644. The molecule has 8 nitrogen and oxygen atoms in total. The number of aliphatic hydroxyl groups is 1. The largest absolute Gasteiger partial charge is 0.461 e. The molecule has 45 heavy (non-hydrogen) atoms. The lowest BCUT2D eigenvalue weighted by Gasteiger charge is -2.48. The van der Waals surface area contributed by atoms with Gasteiger partial charge in [0.25, 0.3) is 0 Å². The van der Waals surface area contributed by atoms with Crippen LogP contribution in [-0.2, 0) is 4.74 Å². The first kappa shape index (κ1) is 28.6. The van der Waals surface area contributed by atoms with Crippen LogP contribution in [0.5, 0.6) is 6.01 Å². The Kier molecular flexibility index (Phi) is 6.89. The molecule has 4 saturated heterocycles. The molecular formula is C35H35F2N5O3. The summed E-state index contributed by atoms with van der Waals surface area (Å²) in [5, 5.41) is 11.5. The number of benzene rings is 2. The van der Waals surface area contributed by atoms with E-state index in [0.29, 0.717) is 40.7 Å². The molecule has 0 bridgehead atoms. The molecule has 3 atom stereocenters. The molecule has 232 valence electrons. The maximum absolute atomic E-state index is 16.8. The number of piperidine rings is 1. The Morgan fingerprint density at radius 3 is 2.76 bits per heavy atom. The second-order valence-corrected chi connectivity index (χ2v) is 13.0. The first-order chi connectivity index (χ1) is 21.9. The molecule has 4 fully saturated rings. The standard InChI is InChI=1S/C35H35F2N5O3/c1-2-24-27(36)9-8-22-6-3-7-25(28(22)24)30-29(37)31-26(18-38-30)32(41-15-5-12-35(20-41)14-17-45-35)40-33(39-31)44-21-34-11-4-16-42(34)23(19-43)10-13-34/h1,3,6-9,18,23,43H,4-5,10-17,19-21H2/t23-,34-,35?/m0/s1. The number of halogens is 2. The van der Waals surface area contributed by atoms with Crippen LogP contribution in [0.15, 0.2) is 36.5 Å². The van der Waals surface area contributed by atoms with E-state index in [0.717, 1.165) is 64.6 Å². The number of pyridine rings is 1. The summed E-state index contributed by atoms with van der Waals surface area (Å²) in [4.78, 5) is 18.6. The number of terminal acetylenes is 1. The molecule has 0 amide bonds. The van der Waals surface area contributed by atoms with Gasteiger partial charge in [-0.2, -0.15) is 9.97 Å². The van der Waals surface area contributed by atoms with Gasteiger partial charge >= 0.3 is 6.01 Å². The Morgan fingerprint density at radius 1 is 1.09 bits per heavy atom. The minimum absolute atomic E-state index is 0.0328. The lowest BCUT2D eigenvalue weighted by Crippen LogP contribution is -2.56. The number of nitrogens with zero attached hydrogens (tertiary/aromatic N) is 5. The van der Waals surface area contributed by atoms with Crippen molar-refractivity contribution in [3.8, 4) is 29.6 Å². The van der Waals surface area contributed by atoms with Crippen molar-refractivity contribution in [3.05, 3.63) is 53.7 Å². The van der Waals surface area contributed by atoms with Gasteiger partial charge in [-0.15, -0.1) is 6.42 Å². The zero-order valence-electron chi connectivity index (χ0n) is 25.1. The number of rotatable bonds is 6. The van der Waals surface area contributed by atoms with Crippen LogP contribution in [0.1, 0.15) is 50.5 Å². The molecule has 6 heterocycles. The molecular weight excluding hydrogens is 576 g/mol. The monoisotopic (exact) mass is 611 g/mol. The minimum Gasteiger partial charge on any atom is -0.461 e. The van der Waals surface area contributed by atoms with Crippen molar-refractivity contribution in [2.45, 2.75) is 62.1 Å². The molecule has 0 aliphatic carbocycles. The quantitative estimate of drug-likeness (QED) is 0.297. The van der Waals surface area contributed by atoms with Crippen LogP contribution in [0.4, 0.5) is 14.6 Å². The third kappa shape index (κ3) is 4.55. The highest BCUT2D eigenvalue weighted by Gasteiger charge is 2.49. The molecule has 2 aromatic heterocycles. The summed E-state index contributed by atoms with van der Waals surface area (Å²) in [5.74, 6) is 1.82. The Balaban J connectivity index is 1.25. The van der Waals surface area contributed by atoms with Gasteiger partial charge in [-0.05, 0) is 56.5 Å². The molecule has 1 unspecified atom stereocenters. The number of ether oxygens (including phenoxy) is 2. The van der Waals surface area contributed by atoms with Gasteiger partial charge in [0.15, 0.2) is 5.82 Å². The molecule has 4 aliphatic rings. The number of hydrogen-bond donors (Lipinski definition) is 1. The van der Waals surface area contributed by atoms with Crippen molar-refractivity contribution in [1.29, 1.82) is 0 Å². The van der Waals surface area contributed by atoms with E-state index in [9.17, 15) is 9.50 Å². The highest BCUT2D eigenvalue weighted by molar-refractivity contribution is 6.02. The summed E-state index contributed by atoms with van der Waals surface area (Å²) >= 11 is 0. The van der Waals surface area contributed by atoms with E-state index in [2.05, 4.69) is 25.7 Å². The molecule has 8 rings (SSSR count). The smallest absolute Gasteiger partial charge is 0.319 e. The topological polar surface area (TPSA) is 83.8 Å². The lowest BCUT2D eigenvalue weighted by atomic mass is 9.86. The fourth-order valence-corrected chi connectivity index (χ4v) is 8.20. The third-order valence-electron chi connectivity index (χ3n) is 10.6. The van der Waals surface area contributed by atoms with Crippen molar-refractivity contribution < 1.29 is 23.4 Å². The van der Waals surface area contributed by atoms with Crippen LogP contribution in [-0.4, -0.2) is 81.6 Å². The Hall–Kier alpha value is -3.91. The molecule has 4 aliphatic heterocycles. The Labute approximate surface area is 260 Å². The summed E-state index contributed by atoms with van der Waals surface area (Å²) in [6.07, 6.45) is 14.0. The first-order valence-corrected chi connectivity index (χ1v) is 15.9. The van der Waals surface area contributed by atoms with Crippen LogP contribution in [0, 0.1) is 24.0 Å². The summed E-state index contributed by atoms with van der Waals surface area (Å²) in [6, 6.07) is 8.48. The molecule has 1 spiro atoms. The second-order valence-electron chi connectivity index (χ2n) is 13.0. The van der Waals surface area contributed by atoms with E-state index < -0.39 is 11.6 Å². The molecule has 0 radical (unpaired) electrons. The molecule has 0 saturated carbocycles.